The molecule has 2 aromatic rings. The number of esters is 1. The summed E-state index contributed by atoms with van der Waals surface area (Å²) in [6.45, 7) is 4.81. The Morgan fingerprint density at radius 1 is 1.07 bits per heavy atom. The quantitative estimate of drug-likeness (QED) is 0.182. The van der Waals surface area contributed by atoms with E-state index in [0.29, 0.717) is 34.6 Å². The van der Waals surface area contributed by atoms with Crippen LogP contribution in [0, 0.1) is 35.0 Å². The first-order valence-corrected chi connectivity index (χ1v) is 18.9. The van der Waals surface area contributed by atoms with Gasteiger partial charge in [0.1, 0.15) is 0 Å². The summed E-state index contributed by atoms with van der Waals surface area (Å²) in [5, 5.41) is 11.3. The van der Waals surface area contributed by atoms with Gasteiger partial charge in [-0.1, -0.05) is 60.5 Å². The van der Waals surface area contributed by atoms with E-state index in [9.17, 15) is 18.5 Å². The molecule has 4 aliphatic rings. The Morgan fingerprint density at radius 3 is 2.46 bits per heavy atom. The van der Waals surface area contributed by atoms with Gasteiger partial charge in [-0.05, 0) is 99.6 Å². The van der Waals surface area contributed by atoms with Gasteiger partial charge in [0.15, 0.2) is 9.84 Å². The highest BCUT2D eigenvalue weighted by Crippen LogP contribution is 2.52. The van der Waals surface area contributed by atoms with Crippen LogP contribution >= 0.6 is 11.6 Å². The predicted octanol–water partition coefficient (Wildman–Crippen LogP) is 6.81. The van der Waals surface area contributed by atoms with Crippen LogP contribution in [-0.4, -0.2) is 64.4 Å². The zero-order valence-corrected chi connectivity index (χ0v) is 28.4. The molecule has 2 aliphatic carbocycles. The molecule has 0 radical (unpaired) electrons. The molecule has 246 valence electrons. The molecule has 7 nitrogen and oxygen atoms in total. The van der Waals surface area contributed by atoms with Crippen LogP contribution in [0.25, 0.3) is 0 Å². The molecule has 0 bridgehead atoms. The summed E-state index contributed by atoms with van der Waals surface area (Å²) in [5.41, 5.74) is 1.53. The second-order valence-electron chi connectivity index (χ2n) is 13.8. The van der Waals surface area contributed by atoms with Gasteiger partial charge in [-0.15, -0.1) is 0 Å². The van der Waals surface area contributed by atoms with E-state index in [2.05, 4.69) is 52.3 Å². The van der Waals surface area contributed by atoms with Crippen molar-refractivity contribution in [3.05, 3.63) is 71.3 Å². The van der Waals surface area contributed by atoms with Gasteiger partial charge in [0.25, 0.3) is 0 Å². The van der Waals surface area contributed by atoms with Crippen LogP contribution in [0.15, 0.2) is 65.6 Å². The number of hydrogen-bond acceptors (Lipinski definition) is 7. The lowest BCUT2D eigenvalue weighted by molar-refractivity contribution is -0.140. The fraction of sp³-hybridized carbons (Fsp3) is 0.568. The van der Waals surface area contributed by atoms with Crippen molar-refractivity contribution in [1.29, 1.82) is 5.26 Å². The van der Waals surface area contributed by atoms with E-state index < -0.39 is 15.3 Å². The molecule has 0 amide bonds. The van der Waals surface area contributed by atoms with E-state index in [4.69, 9.17) is 16.3 Å². The number of likely N-dealkylation sites (tertiary alicyclic amines) is 1. The summed E-state index contributed by atoms with van der Waals surface area (Å²) in [7, 11) is -1.83. The number of methoxy groups -OCH3 is 1. The minimum Gasteiger partial charge on any atom is -0.469 e. The van der Waals surface area contributed by atoms with Crippen molar-refractivity contribution in [3.8, 4) is 6.07 Å². The zero-order chi connectivity index (χ0) is 32.3. The number of sulfone groups is 1. The number of carbonyl (C=O) groups excluding carboxylic acids is 1. The molecule has 2 saturated heterocycles. The van der Waals surface area contributed by atoms with Crippen molar-refractivity contribution in [2.24, 2.45) is 23.7 Å². The third-order valence-electron chi connectivity index (χ3n) is 11.0. The summed E-state index contributed by atoms with van der Waals surface area (Å²) in [6.07, 6.45) is 12.2. The lowest BCUT2D eigenvalue weighted by Crippen LogP contribution is -2.54. The lowest BCUT2D eigenvalue weighted by Gasteiger charge is -2.48. The minimum absolute atomic E-state index is 0.191. The van der Waals surface area contributed by atoms with Gasteiger partial charge in [0, 0.05) is 32.0 Å². The van der Waals surface area contributed by atoms with E-state index in [0.717, 1.165) is 88.9 Å². The average Bonchev–Trinajstić information content (AvgIpc) is 3.82. The Labute approximate surface area is 279 Å². The number of nitrogens with zero attached hydrogens (tertiary/aromatic N) is 3. The van der Waals surface area contributed by atoms with Gasteiger partial charge in [-0.2, -0.15) is 5.26 Å². The molecule has 9 heteroatoms. The number of nitriles is 1. The topological polar surface area (TPSA) is 90.7 Å². The molecule has 3 atom stereocenters. The molecule has 2 saturated carbocycles. The second kappa shape index (κ2) is 14.1. The Balaban J connectivity index is 1.07. The molecule has 2 heterocycles. The van der Waals surface area contributed by atoms with Gasteiger partial charge in [-0.25, -0.2) is 8.42 Å². The maximum atomic E-state index is 12.6. The van der Waals surface area contributed by atoms with Crippen LogP contribution in [0.2, 0.25) is 5.02 Å². The molecular weight excluding hydrogens is 618 g/mol. The molecule has 0 spiro atoms. The third-order valence-corrected chi connectivity index (χ3v) is 13.5. The number of halogens is 1. The average molecular weight is 664 g/mol. The molecule has 0 N–H and O–H groups in total. The smallest absolute Gasteiger partial charge is 0.305 e. The van der Waals surface area contributed by atoms with Crippen molar-refractivity contribution >= 4 is 33.1 Å². The fourth-order valence-corrected chi connectivity index (χ4v) is 10.4. The predicted molar refractivity (Wildman–Crippen MR) is 181 cm³/mol. The Hall–Kier alpha value is -2.86. The van der Waals surface area contributed by atoms with Crippen LogP contribution in [0.3, 0.4) is 0 Å². The maximum Gasteiger partial charge on any atom is 0.305 e. The summed E-state index contributed by atoms with van der Waals surface area (Å²) in [4.78, 5) is 16.8. The molecule has 4 fully saturated rings. The molecule has 46 heavy (non-hydrogen) atoms. The summed E-state index contributed by atoms with van der Waals surface area (Å²) in [6, 6.07) is 18.6. The van der Waals surface area contributed by atoms with Gasteiger partial charge in [0.05, 0.1) is 39.4 Å². The Bertz CT molecular complexity index is 1560. The number of allylic oxidation sites excluding steroid dienone is 2. The highest BCUT2D eigenvalue weighted by molar-refractivity contribution is 7.92. The molecule has 2 aliphatic heterocycles. The number of rotatable bonds is 12. The van der Waals surface area contributed by atoms with Crippen molar-refractivity contribution in [3.63, 3.8) is 0 Å². The number of hydrogen-bond donors (Lipinski definition) is 0. The van der Waals surface area contributed by atoms with Crippen molar-refractivity contribution in [2.75, 3.05) is 44.7 Å². The van der Waals surface area contributed by atoms with E-state index in [1.165, 1.54) is 7.11 Å². The Kier molecular flexibility index (Phi) is 10.1. The van der Waals surface area contributed by atoms with Crippen molar-refractivity contribution < 1.29 is 17.9 Å². The lowest BCUT2D eigenvalue weighted by atomic mass is 9.58. The number of anilines is 1. The zero-order valence-electron chi connectivity index (χ0n) is 26.8. The van der Waals surface area contributed by atoms with Gasteiger partial charge < -0.3 is 14.5 Å². The van der Waals surface area contributed by atoms with Gasteiger partial charge in [0.2, 0.25) is 0 Å². The van der Waals surface area contributed by atoms with Crippen LogP contribution in [0.4, 0.5) is 5.69 Å². The van der Waals surface area contributed by atoms with E-state index in [1.807, 2.05) is 12.1 Å². The maximum absolute atomic E-state index is 12.6. The molecule has 1 unspecified atom stereocenters. The van der Waals surface area contributed by atoms with Crippen LogP contribution < -0.4 is 4.90 Å². The van der Waals surface area contributed by atoms with E-state index >= 15 is 0 Å². The normalized spacial score (nSPS) is 24.4. The molecule has 0 aromatic heterocycles. The fourth-order valence-electron chi connectivity index (χ4n) is 8.37. The number of piperidine rings is 1. The van der Waals surface area contributed by atoms with Crippen LogP contribution in [0.5, 0.6) is 0 Å². The monoisotopic (exact) mass is 663 g/mol. The van der Waals surface area contributed by atoms with Crippen molar-refractivity contribution in [1.82, 2.24) is 4.90 Å². The van der Waals surface area contributed by atoms with Crippen LogP contribution in [-0.2, 0) is 24.8 Å². The van der Waals surface area contributed by atoms with E-state index in [1.54, 1.807) is 12.1 Å². The number of carbonyl (C=O) groups is 1. The second-order valence-corrected chi connectivity index (χ2v) is 16.4. The van der Waals surface area contributed by atoms with Gasteiger partial charge in [-0.3, -0.25) is 4.79 Å². The standard InChI is InChI=1S/C37H46ClN3O4S/c1-45-36(42)13-6-5-8-28-9-7-12-33(28)37(26-39,29-10-3-2-4-11-29)30-18-20-40(21-19-30)23-27-24-41(25-27)35-17-16-32(22-34(35)38)46(43,44)31-14-15-31/h2-5,8,10-11,16-17,22,27-28,30-31,33H,6-7,9,12-15,18-21,23-25H2,1H3/b8-5+/t28-,33-,37?/m0/s1. The molecule has 6 rings (SSSR count). The summed E-state index contributed by atoms with van der Waals surface area (Å²) < 4.78 is 30.1. The first kappa shape index (κ1) is 33.1. The minimum atomic E-state index is -3.25. The summed E-state index contributed by atoms with van der Waals surface area (Å²) >= 11 is 6.58. The van der Waals surface area contributed by atoms with Crippen LogP contribution in [0.1, 0.15) is 63.4 Å². The van der Waals surface area contributed by atoms with E-state index in [-0.39, 0.29) is 23.1 Å². The highest BCUT2D eigenvalue weighted by Gasteiger charge is 2.51. The largest absolute Gasteiger partial charge is 0.469 e. The molecular formula is C37H46ClN3O4S. The summed E-state index contributed by atoms with van der Waals surface area (Å²) in [5.74, 6) is 1.20. The molecule has 2 aromatic carbocycles. The highest BCUT2D eigenvalue weighted by atomic mass is 35.5. The number of ether oxygens (including phenoxy) is 1. The van der Waals surface area contributed by atoms with Gasteiger partial charge >= 0.3 is 5.97 Å². The SMILES string of the molecule is COC(=O)CC/C=C/[C@H]1CCC[C@@H]1C(C#N)(c1ccccc1)C1CCN(CC2CN(c3ccc(S(=O)(=O)C4CC4)cc3Cl)C2)CC1. The number of benzene rings is 2. The van der Waals surface area contributed by atoms with Crippen molar-refractivity contribution in [2.45, 2.75) is 73.3 Å². The Morgan fingerprint density at radius 2 is 1.80 bits per heavy atom. The first-order chi connectivity index (χ1) is 22.3. The first-order valence-electron chi connectivity index (χ1n) is 17.0. The third kappa shape index (κ3) is 6.74.